The number of halogens is 3. The Hall–Kier alpha value is -1.86. The van der Waals surface area contributed by atoms with Crippen LogP contribution in [0.3, 0.4) is 0 Å². The molecule has 3 N–H and O–H groups in total. The summed E-state index contributed by atoms with van der Waals surface area (Å²) in [5.74, 6) is -2.03. The van der Waals surface area contributed by atoms with Gasteiger partial charge in [-0.05, 0) is 18.2 Å². The molecule has 4 nitrogen and oxygen atoms in total. The molecule has 2 rings (SSSR count). The molecule has 106 valence electrons. The molecular formula is C12H9ClF2N2O2S. The normalized spacial score (nSPS) is 11.3. The van der Waals surface area contributed by atoms with Gasteiger partial charge in [0.1, 0.15) is 16.4 Å². The highest BCUT2D eigenvalue weighted by atomic mass is 35.5. The van der Waals surface area contributed by atoms with E-state index >= 15 is 0 Å². The molecule has 0 atom stereocenters. The van der Waals surface area contributed by atoms with E-state index in [1.54, 1.807) is 6.07 Å². The summed E-state index contributed by atoms with van der Waals surface area (Å²) in [7, 11) is -4.12. The first kappa shape index (κ1) is 14.5. The Balaban J connectivity index is 2.47. The molecule has 0 bridgehead atoms. The van der Waals surface area contributed by atoms with Crippen molar-refractivity contribution in [2.24, 2.45) is 0 Å². The maximum Gasteiger partial charge on any atom is 0.264 e. The second kappa shape index (κ2) is 5.26. The van der Waals surface area contributed by atoms with Crippen molar-refractivity contribution in [3.63, 3.8) is 0 Å². The third-order valence-electron chi connectivity index (χ3n) is 2.45. The molecule has 0 heterocycles. The molecular weight excluding hydrogens is 310 g/mol. The zero-order chi connectivity index (χ0) is 14.9. The van der Waals surface area contributed by atoms with E-state index in [0.717, 1.165) is 6.07 Å². The van der Waals surface area contributed by atoms with E-state index in [9.17, 15) is 17.2 Å². The lowest BCUT2D eigenvalue weighted by Gasteiger charge is -2.12. The van der Waals surface area contributed by atoms with Gasteiger partial charge in [-0.1, -0.05) is 23.7 Å². The summed E-state index contributed by atoms with van der Waals surface area (Å²) >= 11 is 5.63. The molecule has 2 aromatic rings. The van der Waals surface area contributed by atoms with Gasteiger partial charge in [0.15, 0.2) is 5.82 Å². The fourth-order valence-corrected chi connectivity index (χ4v) is 3.07. The smallest absolute Gasteiger partial charge is 0.264 e. The Bertz CT molecular complexity index is 743. The van der Waals surface area contributed by atoms with Crippen LogP contribution in [-0.4, -0.2) is 8.42 Å². The van der Waals surface area contributed by atoms with E-state index in [0.29, 0.717) is 6.07 Å². The van der Waals surface area contributed by atoms with E-state index in [1.165, 1.54) is 18.2 Å². The van der Waals surface area contributed by atoms with Crippen LogP contribution in [0, 0.1) is 11.6 Å². The lowest BCUT2D eigenvalue weighted by atomic mass is 10.3. The van der Waals surface area contributed by atoms with Gasteiger partial charge in [-0.25, -0.2) is 17.2 Å². The summed E-state index contributed by atoms with van der Waals surface area (Å²) < 4.78 is 52.6. The first-order valence-corrected chi connectivity index (χ1v) is 7.19. The molecule has 0 aliphatic carbocycles. The van der Waals surface area contributed by atoms with Gasteiger partial charge in [-0.15, -0.1) is 0 Å². The van der Waals surface area contributed by atoms with Crippen molar-refractivity contribution in [2.75, 3.05) is 10.5 Å². The van der Waals surface area contributed by atoms with Crippen LogP contribution in [0.5, 0.6) is 0 Å². The van der Waals surface area contributed by atoms with Gasteiger partial charge in [0.2, 0.25) is 0 Å². The zero-order valence-corrected chi connectivity index (χ0v) is 11.5. The van der Waals surface area contributed by atoms with Crippen molar-refractivity contribution in [1.29, 1.82) is 0 Å². The van der Waals surface area contributed by atoms with Crippen molar-refractivity contribution in [3.8, 4) is 0 Å². The van der Waals surface area contributed by atoms with Gasteiger partial charge in [0.05, 0.1) is 10.7 Å². The van der Waals surface area contributed by atoms with Gasteiger partial charge in [0.25, 0.3) is 10.0 Å². The number of nitrogens with one attached hydrogen (secondary N) is 1. The Morgan fingerprint density at radius 1 is 1.15 bits per heavy atom. The second-order valence-corrected chi connectivity index (χ2v) is 5.95. The van der Waals surface area contributed by atoms with Crippen LogP contribution in [0.4, 0.5) is 20.2 Å². The lowest BCUT2D eigenvalue weighted by molar-refractivity contribution is 0.583. The van der Waals surface area contributed by atoms with Crippen LogP contribution >= 0.6 is 11.6 Å². The highest BCUT2D eigenvalue weighted by Crippen LogP contribution is 2.29. The molecule has 0 aromatic heterocycles. The third-order valence-corrected chi connectivity index (χ3v) is 4.17. The zero-order valence-electron chi connectivity index (χ0n) is 9.90. The largest absolute Gasteiger partial charge is 0.398 e. The number of nitrogens with two attached hydrogens (primary N) is 1. The molecule has 0 saturated heterocycles. The van der Waals surface area contributed by atoms with E-state index < -0.39 is 27.3 Å². The van der Waals surface area contributed by atoms with Crippen molar-refractivity contribution in [1.82, 2.24) is 0 Å². The van der Waals surface area contributed by atoms with Crippen LogP contribution in [0.25, 0.3) is 0 Å². The van der Waals surface area contributed by atoms with Gasteiger partial charge >= 0.3 is 0 Å². The average Bonchev–Trinajstić information content (AvgIpc) is 2.34. The first-order valence-electron chi connectivity index (χ1n) is 5.33. The molecule has 0 spiro atoms. The van der Waals surface area contributed by atoms with Crippen LogP contribution in [0.2, 0.25) is 5.02 Å². The van der Waals surface area contributed by atoms with Crippen LogP contribution < -0.4 is 10.5 Å². The summed E-state index contributed by atoms with van der Waals surface area (Å²) in [5.41, 5.74) is 5.02. The molecule has 0 aliphatic rings. The Kier molecular flexibility index (Phi) is 3.82. The minimum Gasteiger partial charge on any atom is -0.398 e. The average molecular weight is 319 g/mol. The topological polar surface area (TPSA) is 72.2 Å². The van der Waals surface area contributed by atoms with Crippen LogP contribution in [0.15, 0.2) is 41.3 Å². The van der Waals surface area contributed by atoms with E-state index in [1.807, 2.05) is 4.72 Å². The number of rotatable bonds is 3. The molecule has 0 radical (unpaired) electrons. The van der Waals surface area contributed by atoms with E-state index in [-0.39, 0.29) is 15.6 Å². The predicted octanol–water partition coefficient (Wildman–Crippen LogP) is 3.00. The van der Waals surface area contributed by atoms with Gasteiger partial charge < -0.3 is 5.73 Å². The predicted molar refractivity (Wildman–Crippen MR) is 73.0 cm³/mol. The highest BCUT2D eigenvalue weighted by molar-refractivity contribution is 7.92. The quantitative estimate of drug-likeness (QED) is 0.854. The molecule has 0 fully saturated rings. The summed E-state index contributed by atoms with van der Waals surface area (Å²) in [6.07, 6.45) is 0. The Labute approximate surface area is 119 Å². The maximum absolute atomic E-state index is 13.6. The minimum atomic E-state index is -4.12. The molecule has 0 unspecified atom stereocenters. The SMILES string of the molecule is Nc1ccccc1S(=O)(=O)Nc1c(F)cc(F)cc1Cl. The fourth-order valence-electron chi connectivity index (χ4n) is 1.55. The summed E-state index contributed by atoms with van der Waals surface area (Å²) in [4.78, 5) is -0.222. The monoisotopic (exact) mass is 318 g/mol. The van der Waals surface area contributed by atoms with Crippen molar-refractivity contribution in [2.45, 2.75) is 4.90 Å². The van der Waals surface area contributed by atoms with Crippen LogP contribution in [-0.2, 0) is 10.0 Å². The van der Waals surface area contributed by atoms with Crippen molar-refractivity contribution >= 4 is 33.0 Å². The molecule has 8 heteroatoms. The number of benzene rings is 2. The van der Waals surface area contributed by atoms with E-state index in [2.05, 4.69) is 0 Å². The van der Waals surface area contributed by atoms with E-state index in [4.69, 9.17) is 17.3 Å². The number of hydrogen-bond acceptors (Lipinski definition) is 3. The fraction of sp³-hybridized carbons (Fsp3) is 0. The number of hydrogen-bond donors (Lipinski definition) is 2. The molecule has 0 amide bonds. The third kappa shape index (κ3) is 2.83. The molecule has 20 heavy (non-hydrogen) atoms. The van der Waals surface area contributed by atoms with Gasteiger partial charge in [-0.2, -0.15) is 0 Å². The Morgan fingerprint density at radius 3 is 2.40 bits per heavy atom. The van der Waals surface area contributed by atoms with Gasteiger partial charge in [-0.3, -0.25) is 4.72 Å². The first-order chi connectivity index (χ1) is 9.31. The number of anilines is 2. The highest BCUT2D eigenvalue weighted by Gasteiger charge is 2.21. The van der Waals surface area contributed by atoms with Crippen molar-refractivity contribution < 1.29 is 17.2 Å². The number of para-hydroxylation sites is 1. The Morgan fingerprint density at radius 2 is 1.80 bits per heavy atom. The molecule has 0 aliphatic heterocycles. The maximum atomic E-state index is 13.6. The summed E-state index contributed by atoms with van der Waals surface area (Å²) in [6.45, 7) is 0. The van der Waals surface area contributed by atoms with Gasteiger partial charge in [0, 0.05) is 6.07 Å². The van der Waals surface area contributed by atoms with Crippen LogP contribution in [0.1, 0.15) is 0 Å². The molecule has 2 aromatic carbocycles. The number of nitrogen functional groups attached to an aromatic ring is 1. The lowest BCUT2D eigenvalue weighted by Crippen LogP contribution is -2.16. The molecule has 0 saturated carbocycles. The standard InChI is InChI=1S/C12H9ClF2N2O2S/c13-8-5-7(14)6-9(15)12(8)17-20(18,19)11-4-2-1-3-10(11)16/h1-6,17H,16H2. The van der Waals surface area contributed by atoms with Crippen molar-refractivity contribution in [3.05, 3.63) is 53.1 Å². The summed E-state index contributed by atoms with van der Waals surface area (Å²) in [6, 6.07) is 6.99. The second-order valence-electron chi connectivity index (χ2n) is 3.89. The number of sulfonamides is 1. The summed E-state index contributed by atoms with van der Waals surface area (Å²) in [5, 5.41) is -0.388. The minimum absolute atomic E-state index is 0.00126.